The molecule has 0 amide bonds. The largest absolute Gasteiger partial charge is 0.496 e. The smallest absolute Gasteiger partial charge is 0.124 e. The lowest BCUT2D eigenvalue weighted by Gasteiger charge is -2.23. The molecule has 0 spiro atoms. The topological polar surface area (TPSA) is 30.5 Å². The minimum absolute atomic E-state index is 0.156. The summed E-state index contributed by atoms with van der Waals surface area (Å²) >= 11 is 0. The van der Waals surface area contributed by atoms with Crippen LogP contribution in [0.15, 0.2) is 12.1 Å². The number of nitrogens with one attached hydrogen (secondary N) is 1. The fourth-order valence-electron chi connectivity index (χ4n) is 2.15. The van der Waals surface area contributed by atoms with Gasteiger partial charge in [0.2, 0.25) is 0 Å². The lowest BCUT2D eigenvalue weighted by molar-refractivity contribution is 0.0620. The third kappa shape index (κ3) is 3.72. The molecule has 1 unspecified atom stereocenters. The molecule has 0 saturated carbocycles. The Bertz CT molecular complexity index is 388. The van der Waals surface area contributed by atoms with E-state index in [9.17, 15) is 0 Å². The summed E-state index contributed by atoms with van der Waals surface area (Å²) in [4.78, 5) is 0. The van der Waals surface area contributed by atoms with Crippen LogP contribution in [0.4, 0.5) is 0 Å². The van der Waals surface area contributed by atoms with Crippen molar-refractivity contribution in [3.05, 3.63) is 28.8 Å². The molecule has 0 aliphatic carbocycles. The Morgan fingerprint density at radius 2 is 1.89 bits per heavy atom. The molecule has 18 heavy (non-hydrogen) atoms. The summed E-state index contributed by atoms with van der Waals surface area (Å²) in [5.74, 6) is 0.930. The zero-order valence-electron chi connectivity index (χ0n) is 12.3. The number of benzene rings is 1. The van der Waals surface area contributed by atoms with Crippen molar-refractivity contribution in [2.75, 3.05) is 20.8 Å². The average molecular weight is 251 g/mol. The standard InChI is InChI=1S/C15H25NO2/c1-10(2)18-9-13(16-5)15-12(4)7-11(3)8-14(15)17-6/h7-8,10,13,16H,9H2,1-6H3. The van der Waals surface area contributed by atoms with Crippen LogP contribution in [0.5, 0.6) is 5.75 Å². The maximum atomic E-state index is 5.72. The fourth-order valence-corrected chi connectivity index (χ4v) is 2.15. The van der Waals surface area contributed by atoms with E-state index in [1.165, 1.54) is 16.7 Å². The maximum Gasteiger partial charge on any atom is 0.124 e. The number of likely N-dealkylation sites (N-methyl/N-ethyl adjacent to an activating group) is 1. The number of methoxy groups -OCH3 is 1. The van der Waals surface area contributed by atoms with Gasteiger partial charge in [0.15, 0.2) is 0 Å². The summed E-state index contributed by atoms with van der Waals surface area (Å²) < 4.78 is 11.2. The van der Waals surface area contributed by atoms with E-state index in [-0.39, 0.29) is 12.1 Å². The zero-order valence-corrected chi connectivity index (χ0v) is 12.3. The second-order valence-electron chi connectivity index (χ2n) is 4.92. The Labute approximate surface area is 110 Å². The molecule has 1 N–H and O–H groups in total. The van der Waals surface area contributed by atoms with E-state index in [1.807, 2.05) is 20.9 Å². The van der Waals surface area contributed by atoms with Gasteiger partial charge in [-0.25, -0.2) is 0 Å². The van der Waals surface area contributed by atoms with E-state index in [0.717, 1.165) is 5.75 Å². The highest BCUT2D eigenvalue weighted by atomic mass is 16.5. The third-order valence-corrected chi connectivity index (χ3v) is 3.01. The van der Waals surface area contributed by atoms with Gasteiger partial charge in [-0.1, -0.05) is 6.07 Å². The van der Waals surface area contributed by atoms with Crippen molar-refractivity contribution < 1.29 is 9.47 Å². The van der Waals surface area contributed by atoms with Crippen LogP contribution in [0.2, 0.25) is 0 Å². The molecule has 0 aliphatic heterocycles. The van der Waals surface area contributed by atoms with E-state index in [1.54, 1.807) is 7.11 Å². The highest BCUT2D eigenvalue weighted by molar-refractivity contribution is 5.45. The molecular formula is C15H25NO2. The van der Waals surface area contributed by atoms with E-state index < -0.39 is 0 Å². The Morgan fingerprint density at radius 3 is 2.39 bits per heavy atom. The quantitative estimate of drug-likeness (QED) is 0.843. The Balaban J connectivity index is 3.04. The Hall–Kier alpha value is -1.06. The maximum absolute atomic E-state index is 5.72. The third-order valence-electron chi connectivity index (χ3n) is 3.01. The van der Waals surface area contributed by atoms with Gasteiger partial charge < -0.3 is 14.8 Å². The summed E-state index contributed by atoms with van der Waals surface area (Å²) in [7, 11) is 3.67. The summed E-state index contributed by atoms with van der Waals surface area (Å²) in [5.41, 5.74) is 3.64. The molecule has 102 valence electrons. The van der Waals surface area contributed by atoms with Gasteiger partial charge in [-0.15, -0.1) is 0 Å². The monoisotopic (exact) mass is 251 g/mol. The van der Waals surface area contributed by atoms with Crippen molar-refractivity contribution in [2.45, 2.75) is 39.8 Å². The lowest BCUT2D eigenvalue weighted by atomic mass is 9.98. The van der Waals surface area contributed by atoms with Crippen molar-refractivity contribution in [2.24, 2.45) is 0 Å². The van der Waals surface area contributed by atoms with Crippen molar-refractivity contribution in [1.29, 1.82) is 0 Å². The minimum Gasteiger partial charge on any atom is -0.496 e. The number of hydrogen-bond donors (Lipinski definition) is 1. The fraction of sp³-hybridized carbons (Fsp3) is 0.600. The molecule has 3 nitrogen and oxygen atoms in total. The van der Waals surface area contributed by atoms with Crippen LogP contribution in [0, 0.1) is 13.8 Å². The molecule has 0 radical (unpaired) electrons. The summed E-state index contributed by atoms with van der Waals surface area (Å²) in [6, 6.07) is 4.41. The number of ether oxygens (including phenoxy) is 2. The molecule has 0 heterocycles. The SMILES string of the molecule is CNC(COC(C)C)c1c(C)cc(C)cc1OC. The number of hydrogen-bond acceptors (Lipinski definition) is 3. The van der Waals surface area contributed by atoms with Crippen LogP contribution >= 0.6 is 0 Å². The highest BCUT2D eigenvalue weighted by Crippen LogP contribution is 2.30. The van der Waals surface area contributed by atoms with E-state index >= 15 is 0 Å². The predicted octanol–water partition coefficient (Wildman–Crippen LogP) is 3.00. The average Bonchev–Trinajstić information content (AvgIpc) is 2.30. The van der Waals surface area contributed by atoms with Crippen LogP contribution in [-0.4, -0.2) is 26.9 Å². The summed E-state index contributed by atoms with van der Waals surface area (Å²) in [5, 5.41) is 3.30. The Kier molecular flexibility index (Phi) is 5.63. The molecule has 1 rings (SSSR count). The van der Waals surface area contributed by atoms with Gasteiger partial charge in [0.25, 0.3) is 0 Å². The first-order valence-electron chi connectivity index (χ1n) is 6.43. The molecule has 0 aliphatic rings. The van der Waals surface area contributed by atoms with Gasteiger partial charge in [-0.2, -0.15) is 0 Å². The lowest BCUT2D eigenvalue weighted by Crippen LogP contribution is -2.25. The normalized spacial score (nSPS) is 12.8. The molecule has 0 fully saturated rings. The molecule has 0 saturated heterocycles. The molecule has 1 aromatic rings. The van der Waals surface area contributed by atoms with Crippen LogP contribution < -0.4 is 10.1 Å². The van der Waals surface area contributed by atoms with E-state index in [0.29, 0.717) is 6.61 Å². The van der Waals surface area contributed by atoms with Gasteiger partial charge in [-0.3, -0.25) is 0 Å². The predicted molar refractivity (Wildman–Crippen MR) is 75.4 cm³/mol. The zero-order chi connectivity index (χ0) is 13.7. The van der Waals surface area contributed by atoms with Crippen LogP contribution in [-0.2, 0) is 4.74 Å². The van der Waals surface area contributed by atoms with Crippen molar-refractivity contribution >= 4 is 0 Å². The molecule has 0 aromatic heterocycles. The van der Waals surface area contributed by atoms with Crippen LogP contribution in [0.1, 0.15) is 36.6 Å². The highest BCUT2D eigenvalue weighted by Gasteiger charge is 2.18. The molecular weight excluding hydrogens is 226 g/mol. The second kappa shape index (κ2) is 6.76. The molecule has 1 atom stereocenters. The van der Waals surface area contributed by atoms with Gasteiger partial charge in [0.1, 0.15) is 5.75 Å². The number of aryl methyl sites for hydroxylation is 2. The molecule has 1 aromatic carbocycles. The van der Waals surface area contributed by atoms with Crippen molar-refractivity contribution in [3.8, 4) is 5.75 Å². The first kappa shape index (κ1) is 15.0. The summed E-state index contributed by atoms with van der Waals surface area (Å²) in [6.45, 7) is 8.94. The first-order valence-corrected chi connectivity index (χ1v) is 6.43. The molecule has 3 heteroatoms. The molecule has 0 bridgehead atoms. The summed E-state index contributed by atoms with van der Waals surface area (Å²) in [6.07, 6.45) is 0.234. The van der Waals surface area contributed by atoms with Crippen LogP contribution in [0.25, 0.3) is 0 Å². The van der Waals surface area contributed by atoms with Gasteiger partial charge in [-0.05, 0) is 51.9 Å². The van der Waals surface area contributed by atoms with Gasteiger partial charge >= 0.3 is 0 Å². The Morgan fingerprint density at radius 1 is 1.22 bits per heavy atom. The van der Waals surface area contributed by atoms with Gasteiger partial charge in [0, 0.05) is 5.56 Å². The van der Waals surface area contributed by atoms with E-state index in [2.05, 4.69) is 31.3 Å². The number of rotatable bonds is 6. The van der Waals surface area contributed by atoms with Gasteiger partial charge in [0.05, 0.1) is 25.9 Å². The van der Waals surface area contributed by atoms with Crippen LogP contribution in [0.3, 0.4) is 0 Å². The van der Waals surface area contributed by atoms with Crippen molar-refractivity contribution in [3.63, 3.8) is 0 Å². The van der Waals surface area contributed by atoms with E-state index in [4.69, 9.17) is 9.47 Å². The second-order valence-corrected chi connectivity index (χ2v) is 4.92. The first-order chi connectivity index (χ1) is 8.49. The van der Waals surface area contributed by atoms with Crippen molar-refractivity contribution in [1.82, 2.24) is 5.32 Å². The minimum atomic E-state index is 0.156.